The Kier molecular flexibility index (Phi) is 6.99. The number of benzene rings is 2. The molecule has 0 saturated carbocycles. The number of hydrogen-bond acceptors (Lipinski definition) is 6. The molecule has 3 rings (SSSR count). The molecular formula is C21H25N5O4. The number of para-hydroxylation sites is 1. The maximum absolute atomic E-state index is 13.2. The highest BCUT2D eigenvalue weighted by Crippen LogP contribution is 2.26. The van der Waals surface area contributed by atoms with Crippen LogP contribution in [0.3, 0.4) is 0 Å². The molecular weight excluding hydrogens is 386 g/mol. The Labute approximate surface area is 174 Å². The molecule has 30 heavy (non-hydrogen) atoms. The van der Waals surface area contributed by atoms with Gasteiger partial charge in [0, 0.05) is 18.3 Å². The van der Waals surface area contributed by atoms with Crippen LogP contribution in [-0.2, 0) is 14.4 Å². The van der Waals surface area contributed by atoms with E-state index in [0.717, 1.165) is 5.56 Å². The Morgan fingerprint density at radius 1 is 1.17 bits per heavy atom. The molecule has 1 aliphatic heterocycles. The average Bonchev–Trinajstić information content (AvgIpc) is 2.75. The molecule has 9 heteroatoms. The molecule has 3 amide bonds. The van der Waals surface area contributed by atoms with Crippen molar-refractivity contribution in [3.05, 3.63) is 66.2 Å². The van der Waals surface area contributed by atoms with Gasteiger partial charge in [-0.1, -0.05) is 48.5 Å². The predicted octanol–water partition coefficient (Wildman–Crippen LogP) is 1.80. The zero-order valence-corrected chi connectivity index (χ0v) is 16.7. The van der Waals surface area contributed by atoms with Crippen molar-refractivity contribution in [3.63, 3.8) is 0 Å². The maximum Gasteiger partial charge on any atom is 0.335 e. The van der Waals surface area contributed by atoms with E-state index in [2.05, 4.69) is 15.6 Å². The van der Waals surface area contributed by atoms with Crippen molar-refractivity contribution < 1.29 is 19.2 Å². The number of hydrazine groups is 1. The lowest BCUT2D eigenvalue weighted by molar-refractivity contribution is -0.146. The fourth-order valence-corrected chi connectivity index (χ4v) is 3.38. The van der Waals surface area contributed by atoms with E-state index in [0.29, 0.717) is 12.2 Å². The van der Waals surface area contributed by atoms with Crippen LogP contribution < -0.4 is 16.6 Å². The van der Waals surface area contributed by atoms with Crippen LogP contribution in [0.4, 0.5) is 10.5 Å². The number of nitrogens with one attached hydrogen (secondary N) is 2. The normalized spacial score (nSPS) is 17.4. The zero-order valence-electron chi connectivity index (χ0n) is 16.7. The highest BCUT2D eigenvalue weighted by atomic mass is 16.7. The van der Waals surface area contributed by atoms with Crippen LogP contribution >= 0.6 is 0 Å². The number of anilines is 1. The lowest BCUT2D eigenvalue weighted by atomic mass is 10.0. The molecule has 158 valence electrons. The van der Waals surface area contributed by atoms with Gasteiger partial charge in [-0.25, -0.2) is 10.2 Å². The number of nitrogens with two attached hydrogens (primary N) is 1. The average molecular weight is 411 g/mol. The molecule has 4 N–H and O–H groups in total. The molecule has 0 aromatic heterocycles. The summed E-state index contributed by atoms with van der Waals surface area (Å²) in [4.78, 5) is 43.3. The first-order valence-corrected chi connectivity index (χ1v) is 9.61. The van der Waals surface area contributed by atoms with Crippen molar-refractivity contribution in [1.29, 1.82) is 0 Å². The number of nitrogens with zero attached hydrogens (tertiary/aromatic N) is 2. The summed E-state index contributed by atoms with van der Waals surface area (Å²) in [5, 5.41) is 4.15. The molecule has 1 aliphatic rings. The molecule has 0 aliphatic carbocycles. The molecule has 2 aromatic carbocycles. The van der Waals surface area contributed by atoms with E-state index in [1.807, 2.05) is 55.5 Å². The van der Waals surface area contributed by atoms with Crippen LogP contribution in [0, 0.1) is 0 Å². The molecule has 1 heterocycles. The van der Waals surface area contributed by atoms with Gasteiger partial charge in [0.15, 0.2) is 0 Å². The predicted molar refractivity (Wildman–Crippen MR) is 111 cm³/mol. The maximum atomic E-state index is 13.2. The first-order chi connectivity index (χ1) is 14.5. The minimum absolute atomic E-state index is 0.112. The molecule has 1 fully saturated rings. The first kappa shape index (κ1) is 21.3. The third-order valence-electron chi connectivity index (χ3n) is 4.71. The van der Waals surface area contributed by atoms with Crippen molar-refractivity contribution in [2.45, 2.75) is 25.4 Å². The van der Waals surface area contributed by atoms with Gasteiger partial charge in [0.25, 0.3) is 0 Å². The minimum atomic E-state index is -0.648. The Hall–Kier alpha value is -3.43. The molecule has 0 bridgehead atoms. The second kappa shape index (κ2) is 9.86. The number of urea groups is 1. The van der Waals surface area contributed by atoms with Crippen LogP contribution in [0.25, 0.3) is 0 Å². The van der Waals surface area contributed by atoms with Gasteiger partial charge in [-0.15, -0.1) is 0 Å². The first-order valence-electron chi connectivity index (χ1n) is 9.61. The summed E-state index contributed by atoms with van der Waals surface area (Å²) in [5.74, 6) is 4.07. The van der Waals surface area contributed by atoms with Crippen molar-refractivity contribution in [2.24, 2.45) is 5.90 Å². The van der Waals surface area contributed by atoms with Crippen LogP contribution in [0.15, 0.2) is 60.7 Å². The number of hydrogen-bond donors (Lipinski definition) is 3. The number of carbonyl (C=O) groups excluding carboxylic acids is 3. The van der Waals surface area contributed by atoms with E-state index in [1.165, 1.54) is 9.91 Å². The van der Waals surface area contributed by atoms with Crippen LogP contribution in [0.1, 0.15) is 24.9 Å². The summed E-state index contributed by atoms with van der Waals surface area (Å²) < 4.78 is 0. The Morgan fingerprint density at radius 3 is 2.43 bits per heavy atom. The fourth-order valence-electron chi connectivity index (χ4n) is 3.38. The molecule has 0 radical (unpaired) electrons. The smallest absolute Gasteiger partial charge is 0.335 e. The second-order valence-electron chi connectivity index (χ2n) is 7.10. The summed E-state index contributed by atoms with van der Waals surface area (Å²) in [6.07, 6.45) is -0.129. The largest absolute Gasteiger partial charge is 0.373 e. The van der Waals surface area contributed by atoms with Gasteiger partial charge in [0.2, 0.25) is 5.91 Å². The van der Waals surface area contributed by atoms with Gasteiger partial charge in [-0.2, -0.15) is 5.90 Å². The van der Waals surface area contributed by atoms with E-state index in [-0.39, 0.29) is 24.9 Å². The number of carbonyl (C=O) groups is 3. The molecule has 2 unspecified atom stereocenters. The third kappa shape index (κ3) is 5.34. The van der Waals surface area contributed by atoms with Gasteiger partial charge in [0.1, 0.15) is 6.54 Å². The van der Waals surface area contributed by atoms with Gasteiger partial charge >= 0.3 is 12.0 Å². The molecule has 2 aromatic rings. The molecule has 1 saturated heterocycles. The Morgan fingerprint density at radius 2 is 1.80 bits per heavy atom. The van der Waals surface area contributed by atoms with Gasteiger partial charge < -0.3 is 15.1 Å². The van der Waals surface area contributed by atoms with Crippen LogP contribution in [0.5, 0.6) is 0 Å². The monoisotopic (exact) mass is 411 g/mol. The van der Waals surface area contributed by atoms with E-state index in [9.17, 15) is 14.4 Å². The van der Waals surface area contributed by atoms with E-state index in [1.54, 1.807) is 12.1 Å². The van der Waals surface area contributed by atoms with Crippen LogP contribution in [-0.4, -0.2) is 46.9 Å². The second-order valence-corrected chi connectivity index (χ2v) is 7.10. The van der Waals surface area contributed by atoms with E-state index < -0.39 is 18.0 Å². The topological polar surface area (TPSA) is 117 Å². The lowest BCUT2D eigenvalue weighted by Crippen LogP contribution is -2.63. The van der Waals surface area contributed by atoms with Crippen molar-refractivity contribution in [1.82, 2.24) is 15.3 Å². The van der Waals surface area contributed by atoms with Gasteiger partial charge in [-0.3, -0.25) is 14.6 Å². The van der Waals surface area contributed by atoms with Gasteiger partial charge in [0.05, 0.1) is 12.5 Å². The summed E-state index contributed by atoms with van der Waals surface area (Å²) in [6, 6.07) is 17.0. The van der Waals surface area contributed by atoms with Crippen molar-refractivity contribution in [3.8, 4) is 0 Å². The van der Waals surface area contributed by atoms with E-state index >= 15 is 0 Å². The van der Waals surface area contributed by atoms with Gasteiger partial charge in [-0.05, 0) is 24.6 Å². The number of rotatable bonds is 7. The highest BCUT2D eigenvalue weighted by molar-refractivity contribution is 5.94. The van der Waals surface area contributed by atoms with Crippen molar-refractivity contribution >= 4 is 23.6 Å². The quantitative estimate of drug-likeness (QED) is 0.598. The van der Waals surface area contributed by atoms with Crippen molar-refractivity contribution in [2.75, 3.05) is 18.4 Å². The van der Waals surface area contributed by atoms with Crippen LogP contribution in [0.2, 0.25) is 0 Å². The Balaban J connectivity index is 1.77. The summed E-state index contributed by atoms with van der Waals surface area (Å²) >= 11 is 0. The Bertz CT molecular complexity index is 877. The fraction of sp³-hybridized carbons (Fsp3) is 0.286. The lowest BCUT2D eigenvalue weighted by Gasteiger charge is -2.43. The summed E-state index contributed by atoms with van der Waals surface area (Å²) in [7, 11) is 0. The standard InChI is InChI=1S/C21H25N5O4/c1-15-13-25(14-19(27)23-17-10-6-3-7-11-17)21(29)26(24-15)18(12-20(28)30-22)16-8-4-2-5-9-16/h2-11,15,18,24H,12-14,22H2,1H3,(H,23,27). The number of amides is 3. The highest BCUT2D eigenvalue weighted by Gasteiger charge is 2.37. The molecule has 2 atom stereocenters. The summed E-state index contributed by atoms with van der Waals surface area (Å²) in [5.41, 5.74) is 4.51. The van der Waals surface area contributed by atoms with E-state index in [4.69, 9.17) is 5.90 Å². The molecule has 0 spiro atoms. The zero-order chi connectivity index (χ0) is 21.5. The SMILES string of the molecule is CC1CN(CC(=O)Nc2ccccc2)C(=O)N(C(CC(=O)ON)c2ccccc2)N1. The summed E-state index contributed by atoms with van der Waals surface area (Å²) in [6.45, 7) is 2.13. The third-order valence-corrected chi connectivity index (χ3v) is 4.71. The molecule has 9 nitrogen and oxygen atoms in total. The minimum Gasteiger partial charge on any atom is -0.373 e.